The van der Waals surface area contributed by atoms with E-state index in [1.807, 2.05) is 0 Å². The topological polar surface area (TPSA) is 3.24 Å². The minimum absolute atomic E-state index is 0. The zero-order chi connectivity index (χ0) is 8.20. The van der Waals surface area contributed by atoms with Crippen molar-refractivity contribution in [1.29, 1.82) is 0 Å². The van der Waals surface area contributed by atoms with Crippen molar-refractivity contribution in [2.24, 2.45) is 0 Å². The second kappa shape index (κ2) is 6.68. The van der Waals surface area contributed by atoms with Gasteiger partial charge < -0.3 is 17.8 Å². The Hall–Kier alpha value is 1.19. The molecule has 0 aliphatic carbocycles. The summed E-state index contributed by atoms with van der Waals surface area (Å²) in [5, 5.41) is 0. The third-order valence-electron chi connectivity index (χ3n) is 0.959. The van der Waals surface area contributed by atoms with Gasteiger partial charge in [0.2, 0.25) is 0 Å². The Kier molecular flexibility index (Phi) is 8.93. The Morgan fingerprint density at radius 3 is 2.18 bits per heavy atom. The van der Waals surface area contributed by atoms with Crippen LogP contribution in [0, 0.1) is 0 Å². The van der Waals surface area contributed by atoms with Gasteiger partial charge in [-0.2, -0.15) is 0 Å². The summed E-state index contributed by atoms with van der Waals surface area (Å²) in [5.41, 5.74) is 0. The van der Waals surface area contributed by atoms with Crippen LogP contribution >= 0.6 is 0 Å². The Balaban J connectivity index is 0. The molecule has 0 saturated carbocycles. The largest absolute Gasteiger partial charge is 1.00 e. The van der Waals surface area contributed by atoms with Crippen molar-refractivity contribution in [2.75, 3.05) is 20.0 Å². The first-order chi connectivity index (χ1) is 4.45. The molecule has 0 aromatic heterocycles. The van der Waals surface area contributed by atoms with Gasteiger partial charge in [-0.25, -0.2) is 0 Å². The second-order valence-corrected chi connectivity index (χ2v) is 2.22. The van der Waals surface area contributed by atoms with E-state index >= 15 is 0 Å². The molecule has 0 atom stereocenters. The number of halogens is 3. The van der Waals surface area contributed by atoms with Crippen LogP contribution in [0.25, 0.3) is 0 Å². The summed E-state index contributed by atoms with van der Waals surface area (Å²) in [4.78, 5) is 1.17. The van der Waals surface area contributed by atoms with E-state index in [0.29, 0.717) is 0 Å². The Bertz CT molecular complexity index is 117. The molecule has 0 spiro atoms. The van der Waals surface area contributed by atoms with Gasteiger partial charge in [-0.1, -0.05) is 6.08 Å². The van der Waals surface area contributed by atoms with Crippen LogP contribution in [0.3, 0.4) is 0 Å². The molecule has 0 fully saturated rings. The van der Waals surface area contributed by atoms with Crippen molar-refractivity contribution < 1.29 is 64.3 Å². The maximum atomic E-state index is 11.6. The summed E-state index contributed by atoms with van der Waals surface area (Å²) in [6.07, 6.45) is 0.633. The molecule has 0 saturated heterocycles. The van der Waals surface area contributed by atoms with Crippen LogP contribution in [0.1, 0.15) is 0 Å². The summed E-state index contributed by atoms with van der Waals surface area (Å²) in [6, 6.07) is 0. The smallest absolute Gasteiger partial charge is 0.448 e. The molecule has 0 aromatic rings. The van der Waals surface area contributed by atoms with Gasteiger partial charge in [0.25, 0.3) is 0 Å². The summed E-state index contributed by atoms with van der Waals surface area (Å²) in [6.45, 7) is -1.07. The van der Waals surface area contributed by atoms with Crippen molar-refractivity contribution in [1.82, 2.24) is 4.90 Å². The monoisotopic (exact) mass is 191 g/mol. The number of hydrogen-bond acceptors (Lipinski definition) is 1. The second-order valence-electron chi connectivity index (χ2n) is 2.22. The van der Waals surface area contributed by atoms with Crippen molar-refractivity contribution in [3.8, 4) is 0 Å². The maximum absolute atomic E-state index is 11.6. The van der Waals surface area contributed by atoms with Gasteiger partial charge in [0.15, 0.2) is 0 Å². The average molecular weight is 191 g/mol. The molecule has 0 aromatic carbocycles. The molecule has 11 heavy (non-hydrogen) atoms. The first-order valence-electron chi connectivity index (χ1n) is 2.96. The van der Waals surface area contributed by atoms with Crippen molar-refractivity contribution in [3.63, 3.8) is 0 Å². The minimum Gasteiger partial charge on any atom is -0.448 e. The molecule has 0 amide bonds. The average Bonchev–Trinajstić information content (AvgIpc) is 1.59. The van der Waals surface area contributed by atoms with Crippen LogP contribution in [0.5, 0.6) is 0 Å². The minimum atomic E-state index is -4.68. The quantitative estimate of drug-likeness (QED) is 0.386. The maximum Gasteiger partial charge on any atom is 1.00 e. The molecule has 0 aliphatic rings. The summed E-state index contributed by atoms with van der Waals surface area (Å²) in [7, 11) is 1.41. The number of rotatable bonds is 4. The summed E-state index contributed by atoms with van der Waals surface area (Å²) < 4.78 is 34.8. The summed E-state index contributed by atoms with van der Waals surface area (Å²) >= 11 is 0. The van der Waals surface area contributed by atoms with Gasteiger partial charge in [0.05, 0.1) is 0 Å². The molecule has 1 nitrogen and oxygen atoms in total. The number of hydrogen-bond donors (Lipinski definition) is 0. The fourth-order valence-corrected chi connectivity index (χ4v) is 0.648. The fraction of sp³-hybridized carbons (Fsp3) is 0.600. The number of nitrogens with zero attached hydrogens (tertiary/aromatic N) is 1. The van der Waals surface area contributed by atoms with Gasteiger partial charge in [0.1, 0.15) is 0 Å². The Morgan fingerprint density at radius 2 is 1.91 bits per heavy atom. The molecule has 0 radical (unpaired) electrons. The normalized spacial score (nSPS) is 11.0. The van der Waals surface area contributed by atoms with E-state index in [1.165, 1.54) is 18.0 Å². The fourth-order valence-electron chi connectivity index (χ4n) is 0.648. The molecule has 6 heteroatoms. The first-order valence-corrected chi connectivity index (χ1v) is 2.96. The van der Waals surface area contributed by atoms with E-state index in [4.69, 9.17) is 0 Å². The Morgan fingerprint density at radius 1 is 1.45 bits per heavy atom. The van der Waals surface area contributed by atoms with Crippen LogP contribution in [0.4, 0.5) is 12.9 Å². The third kappa shape index (κ3) is 11.2. The van der Waals surface area contributed by atoms with Crippen molar-refractivity contribution in [2.45, 2.75) is 0 Å². The molecular formula is C5H10BF3KN. The number of likely N-dealkylation sites (N-methyl/N-ethyl adjacent to an activating group) is 1. The molecule has 0 unspecified atom stereocenters. The van der Waals surface area contributed by atoms with Crippen molar-refractivity contribution >= 4 is 6.98 Å². The van der Waals surface area contributed by atoms with E-state index in [0.717, 1.165) is 0 Å². The van der Waals surface area contributed by atoms with E-state index in [1.54, 1.807) is 0 Å². The van der Waals surface area contributed by atoms with Gasteiger partial charge in [-0.05, 0) is 13.5 Å². The molecular weight excluding hydrogens is 181 g/mol. The third-order valence-corrected chi connectivity index (χ3v) is 0.959. The molecule has 0 aliphatic heterocycles. The van der Waals surface area contributed by atoms with E-state index in [2.05, 4.69) is 6.58 Å². The van der Waals surface area contributed by atoms with Crippen molar-refractivity contribution in [3.05, 3.63) is 12.7 Å². The van der Waals surface area contributed by atoms with E-state index in [-0.39, 0.29) is 57.9 Å². The predicted octanol–water partition coefficient (Wildman–Crippen LogP) is -1.51. The molecule has 0 rings (SSSR count). The van der Waals surface area contributed by atoms with Crippen LogP contribution in [-0.4, -0.2) is 31.9 Å². The van der Waals surface area contributed by atoms with E-state index in [9.17, 15) is 12.9 Å². The van der Waals surface area contributed by atoms with Crippen LogP contribution in [-0.2, 0) is 0 Å². The van der Waals surface area contributed by atoms with Crippen LogP contribution < -0.4 is 51.4 Å². The Labute approximate surface area is 107 Å². The van der Waals surface area contributed by atoms with E-state index < -0.39 is 13.4 Å². The standard InChI is InChI=1S/C5H10BF3N.K/c1-3-4-10(2)5-6(7,8)9;/h3H,1,4-5H2,2H3;/q-1;+1. The predicted molar refractivity (Wildman–Crippen MR) is 36.8 cm³/mol. The zero-order valence-electron chi connectivity index (χ0n) is 6.86. The first kappa shape index (κ1) is 14.7. The summed E-state index contributed by atoms with van der Waals surface area (Å²) in [5.74, 6) is 0. The molecule has 60 valence electrons. The van der Waals surface area contributed by atoms with Crippen LogP contribution in [0.15, 0.2) is 12.7 Å². The van der Waals surface area contributed by atoms with Gasteiger partial charge in [0, 0.05) is 6.54 Å². The van der Waals surface area contributed by atoms with Gasteiger partial charge >= 0.3 is 58.4 Å². The molecule has 0 bridgehead atoms. The zero-order valence-corrected chi connectivity index (χ0v) is 9.98. The molecule has 0 N–H and O–H groups in total. The molecule has 0 heterocycles. The SMILES string of the molecule is C=CCN(C)C[B-](F)(F)F.[K+]. The van der Waals surface area contributed by atoms with Crippen LogP contribution in [0.2, 0.25) is 0 Å². The van der Waals surface area contributed by atoms with Gasteiger partial charge in [-0.15, -0.1) is 6.58 Å². The van der Waals surface area contributed by atoms with Gasteiger partial charge in [-0.3, -0.25) is 0 Å².